The average Bonchev–Trinajstić information content (AvgIpc) is 2.82. The molecule has 0 bridgehead atoms. The van der Waals surface area contributed by atoms with Crippen molar-refractivity contribution in [1.29, 1.82) is 0 Å². The van der Waals surface area contributed by atoms with Crippen molar-refractivity contribution in [2.45, 2.75) is 19.9 Å². The molecule has 0 spiro atoms. The Morgan fingerprint density at radius 2 is 2.13 bits per heavy atom. The highest BCUT2D eigenvalue weighted by molar-refractivity contribution is 4.90. The molecule has 0 amide bonds. The van der Waals surface area contributed by atoms with E-state index in [1.165, 1.54) is 0 Å². The van der Waals surface area contributed by atoms with Gasteiger partial charge in [0, 0.05) is 26.2 Å². The quantitative estimate of drug-likeness (QED) is 0.752. The number of hydrogen-bond donors (Lipinski definition) is 0. The fourth-order valence-corrected chi connectivity index (χ4v) is 2.06. The number of likely N-dealkylation sites (N-methyl/N-ethyl adjacent to an activating group) is 1. The third-order valence-corrected chi connectivity index (χ3v) is 3.21. The molecule has 15 heavy (non-hydrogen) atoms. The predicted molar refractivity (Wildman–Crippen MR) is 58.6 cm³/mol. The minimum atomic E-state index is 0.305. The van der Waals surface area contributed by atoms with Gasteiger partial charge in [-0.2, -0.15) is 0 Å². The molecule has 2 heterocycles. The first kappa shape index (κ1) is 10.6. The van der Waals surface area contributed by atoms with Gasteiger partial charge in [0.15, 0.2) is 0 Å². The lowest BCUT2D eigenvalue weighted by Gasteiger charge is -2.36. The van der Waals surface area contributed by atoms with Crippen LogP contribution in [0, 0.1) is 0 Å². The van der Waals surface area contributed by atoms with E-state index in [0.717, 1.165) is 38.6 Å². The molecule has 4 heteroatoms. The second-order valence-corrected chi connectivity index (χ2v) is 4.02. The van der Waals surface area contributed by atoms with Gasteiger partial charge in [0.2, 0.25) is 5.89 Å². The van der Waals surface area contributed by atoms with Crippen LogP contribution in [0.2, 0.25) is 0 Å². The molecule has 2 rings (SSSR count). The molecular weight excluding hydrogens is 190 g/mol. The van der Waals surface area contributed by atoms with Crippen LogP contribution in [0.15, 0.2) is 16.9 Å². The summed E-state index contributed by atoms with van der Waals surface area (Å²) in [6.07, 6.45) is 3.36. The smallest absolute Gasteiger partial charge is 0.211 e. The second-order valence-electron chi connectivity index (χ2n) is 4.02. The molecule has 0 aliphatic carbocycles. The number of hydrogen-bond acceptors (Lipinski definition) is 4. The molecular formula is C11H19N3O. The fraction of sp³-hybridized carbons (Fsp3) is 0.727. The van der Waals surface area contributed by atoms with Crippen molar-refractivity contribution in [2.24, 2.45) is 0 Å². The van der Waals surface area contributed by atoms with Crippen LogP contribution in [0.1, 0.15) is 25.8 Å². The van der Waals surface area contributed by atoms with E-state index >= 15 is 0 Å². The van der Waals surface area contributed by atoms with Crippen molar-refractivity contribution in [1.82, 2.24) is 14.8 Å². The molecule has 1 unspecified atom stereocenters. The summed E-state index contributed by atoms with van der Waals surface area (Å²) >= 11 is 0. The molecule has 0 saturated carbocycles. The summed E-state index contributed by atoms with van der Waals surface area (Å²) in [5.41, 5.74) is 0. The first-order valence-electron chi connectivity index (χ1n) is 5.67. The zero-order valence-electron chi connectivity index (χ0n) is 9.52. The second kappa shape index (κ2) is 4.77. The van der Waals surface area contributed by atoms with Gasteiger partial charge in [-0.3, -0.25) is 4.90 Å². The monoisotopic (exact) mass is 209 g/mol. The van der Waals surface area contributed by atoms with Crippen LogP contribution in [0.25, 0.3) is 0 Å². The van der Waals surface area contributed by atoms with E-state index < -0.39 is 0 Å². The standard InChI is InChI=1S/C11H19N3O/c1-3-13-5-7-14(8-6-13)10(2)11-12-4-9-15-11/h4,9-10H,3,5-8H2,1-2H3. The van der Waals surface area contributed by atoms with Gasteiger partial charge in [-0.15, -0.1) is 0 Å². The number of nitrogens with zero attached hydrogens (tertiary/aromatic N) is 3. The summed E-state index contributed by atoms with van der Waals surface area (Å²) in [6, 6.07) is 0.305. The third kappa shape index (κ3) is 2.38. The first-order valence-corrected chi connectivity index (χ1v) is 5.67. The van der Waals surface area contributed by atoms with Crippen molar-refractivity contribution in [3.05, 3.63) is 18.4 Å². The van der Waals surface area contributed by atoms with E-state index in [9.17, 15) is 0 Å². The van der Waals surface area contributed by atoms with Gasteiger partial charge >= 0.3 is 0 Å². The average molecular weight is 209 g/mol. The van der Waals surface area contributed by atoms with Gasteiger partial charge in [0.1, 0.15) is 6.26 Å². The molecule has 4 nitrogen and oxygen atoms in total. The minimum absolute atomic E-state index is 0.305. The van der Waals surface area contributed by atoms with E-state index in [1.807, 2.05) is 0 Å². The van der Waals surface area contributed by atoms with Crippen molar-refractivity contribution in [2.75, 3.05) is 32.7 Å². The molecule has 1 aromatic heterocycles. The highest BCUT2D eigenvalue weighted by Crippen LogP contribution is 2.19. The van der Waals surface area contributed by atoms with Crippen molar-refractivity contribution >= 4 is 0 Å². The van der Waals surface area contributed by atoms with Gasteiger partial charge in [-0.05, 0) is 13.5 Å². The van der Waals surface area contributed by atoms with Gasteiger partial charge in [0.25, 0.3) is 0 Å². The van der Waals surface area contributed by atoms with Crippen LogP contribution in [0.5, 0.6) is 0 Å². The Bertz CT molecular complexity index is 278. The number of aromatic nitrogens is 1. The number of oxazole rings is 1. The van der Waals surface area contributed by atoms with Gasteiger partial charge in [-0.1, -0.05) is 6.92 Å². The number of rotatable bonds is 3. The zero-order valence-corrected chi connectivity index (χ0v) is 9.52. The lowest BCUT2D eigenvalue weighted by Crippen LogP contribution is -2.46. The summed E-state index contributed by atoms with van der Waals surface area (Å²) in [5, 5.41) is 0. The molecule has 1 saturated heterocycles. The summed E-state index contributed by atoms with van der Waals surface area (Å²) in [6.45, 7) is 10.1. The molecule has 1 atom stereocenters. The molecule has 1 aliphatic heterocycles. The Balaban J connectivity index is 1.90. The van der Waals surface area contributed by atoms with Crippen LogP contribution in [0.3, 0.4) is 0 Å². The van der Waals surface area contributed by atoms with Crippen molar-refractivity contribution < 1.29 is 4.42 Å². The SMILES string of the molecule is CCN1CCN(C(C)c2ncco2)CC1. The normalized spacial score (nSPS) is 21.7. The lowest BCUT2D eigenvalue weighted by molar-refractivity contribution is 0.0946. The van der Waals surface area contributed by atoms with E-state index in [2.05, 4.69) is 28.6 Å². The Kier molecular flexibility index (Phi) is 3.38. The maximum absolute atomic E-state index is 5.34. The van der Waals surface area contributed by atoms with E-state index in [4.69, 9.17) is 4.42 Å². The van der Waals surface area contributed by atoms with Gasteiger partial charge in [0.05, 0.1) is 12.2 Å². The van der Waals surface area contributed by atoms with E-state index in [-0.39, 0.29) is 0 Å². The summed E-state index contributed by atoms with van der Waals surface area (Å²) in [7, 11) is 0. The van der Waals surface area contributed by atoms with Crippen LogP contribution < -0.4 is 0 Å². The largest absolute Gasteiger partial charge is 0.447 e. The molecule has 0 radical (unpaired) electrons. The molecule has 0 aromatic carbocycles. The third-order valence-electron chi connectivity index (χ3n) is 3.21. The number of piperazine rings is 1. The van der Waals surface area contributed by atoms with Crippen LogP contribution in [-0.2, 0) is 0 Å². The molecule has 84 valence electrons. The Hall–Kier alpha value is -0.870. The summed E-state index contributed by atoms with van der Waals surface area (Å²) in [5.74, 6) is 0.833. The van der Waals surface area contributed by atoms with Crippen molar-refractivity contribution in [3.63, 3.8) is 0 Å². The molecule has 1 aromatic rings. The molecule has 1 aliphatic rings. The molecule has 0 N–H and O–H groups in total. The Morgan fingerprint density at radius 1 is 1.40 bits per heavy atom. The minimum Gasteiger partial charge on any atom is -0.447 e. The predicted octanol–water partition coefficient (Wildman–Crippen LogP) is 1.37. The topological polar surface area (TPSA) is 32.5 Å². The van der Waals surface area contributed by atoms with Crippen LogP contribution in [0.4, 0.5) is 0 Å². The van der Waals surface area contributed by atoms with E-state index in [0.29, 0.717) is 6.04 Å². The maximum Gasteiger partial charge on any atom is 0.211 e. The lowest BCUT2D eigenvalue weighted by atomic mass is 10.2. The maximum atomic E-state index is 5.34. The molecule has 1 fully saturated rings. The van der Waals surface area contributed by atoms with E-state index in [1.54, 1.807) is 12.5 Å². The van der Waals surface area contributed by atoms with Crippen LogP contribution in [-0.4, -0.2) is 47.5 Å². The Labute approximate surface area is 90.9 Å². The summed E-state index contributed by atoms with van der Waals surface area (Å²) < 4.78 is 5.34. The first-order chi connectivity index (χ1) is 7.31. The summed E-state index contributed by atoms with van der Waals surface area (Å²) in [4.78, 5) is 9.11. The van der Waals surface area contributed by atoms with Gasteiger partial charge < -0.3 is 9.32 Å². The highest BCUT2D eigenvalue weighted by atomic mass is 16.3. The van der Waals surface area contributed by atoms with Crippen molar-refractivity contribution in [3.8, 4) is 0 Å². The Morgan fingerprint density at radius 3 is 2.67 bits per heavy atom. The highest BCUT2D eigenvalue weighted by Gasteiger charge is 2.23. The van der Waals surface area contributed by atoms with Crippen LogP contribution >= 0.6 is 0 Å². The van der Waals surface area contributed by atoms with Gasteiger partial charge in [-0.25, -0.2) is 4.98 Å². The fourth-order valence-electron chi connectivity index (χ4n) is 2.06. The zero-order chi connectivity index (χ0) is 10.7.